The maximum absolute atomic E-state index is 12.4. The summed E-state index contributed by atoms with van der Waals surface area (Å²) in [6.07, 6.45) is -0.538. The fourth-order valence-electron chi connectivity index (χ4n) is 1.94. The quantitative estimate of drug-likeness (QED) is 0.496. The lowest BCUT2D eigenvalue weighted by Gasteiger charge is -2.30. The van der Waals surface area contributed by atoms with Gasteiger partial charge >= 0.3 is 12.1 Å². The Morgan fingerprint density at radius 1 is 1.29 bits per heavy atom. The zero-order valence-corrected chi connectivity index (χ0v) is 16.4. The number of rotatable bonds is 9. The lowest BCUT2D eigenvalue weighted by molar-refractivity contribution is -0.142. The number of nitrogens with zero attached hydrogens (tertiary/aromatic N) is 1. The van der Waals surface area contributed by atoms with Crippen LogP contribution >= 0.6 is 30.5 Å². The molecule has 1 N–H and O–H groups in total. The van der Waals surface area contributed by atoms with Crippen molar-refractivity contribution in [2.45, 2.75) is 26.0 Å². The fraction of sp³-hybridized carbons (Fsp3) is 0.333. The summed E-state index contributed by atoms with van der Waals surface area (Å²) in [5, 5.41) is 12.1. The monoisotopic (exact) mass is 403 g/mol. The first-order valence-corrected chi connectivity index (χ1v) is 11.1. The summed E-state index contributed by atoms with van der Waals surface area (Å²) in [6.45, 7) is 1.72. The second kappa shape index (κ2) is 9.93. The smallest absolute Gasteiger partial charge is 0.411 e. The maximum atomic E-state index is 12.4. The first-order chi connectivity index (χ1) is 11.4. The minimum atomic E-state index is -2.42. The van der Waals surface area contributed by atoms with Crippen molar-refractivity contribution >= 4 is 64.6 Å². The van der Waals surface area contributed by atoms with Gasteiger partial charge in [-0.05, 0) is 12.0 Å². The Hall–Kier alpha value is -1.21. The van der Waals surface area contributed by atoms with Crippen LogP contribution in [0.5, 0.6) is 0 Å². The molecule has 1 amide bonds. The second-order valence-electron chi connectivity index (χ2n) is 4.98. The van der Waals surface area contributed by atoms with Crippen molar-refractivity contribution in [3.63, 3.8) is 0 Å². The molecule has 0 aliphatic heterocycles. The summed E-state index contributed by atoms with van der Waals surface area (Å²) < 4.78 is 5.26. The van der Waals surface area contributed by atoms with E-state index in [4.69, 9.17) is 41.0 Å². The molecule has 0 radical (unpaired) electrons. The topological polar surface area (TPSA) is 66.8 Å². The van der Waals surface area contributed by atoms with E-state index in [9.17, 15) is 14.7 Å². The van der Waals surface area contributed by atoms with Gasteiger partial charge in [-0.2, -0.15) is 0 Å². The van der Waals surface area contributed by atoms with Crippen molar-refractivity contribution in [3.05, 3.63) is 35.9 Å². The van der Waals surface area contributed by atoms with Gasteiger partial charge < -0.3 is 9.84 Å². The van der Waals surface area contributed by atoms with E-state index in [1.54, 1.807) is 6.92 Å². The molecule has 5 nitrogen and oxygen atoms in total. The third-order valence-corrected chi connectivity index (χ3v) is 8.72. The van der Waals surface area contributed by atoms with Crippen molar-refractivity contribution in [2.24, 2.45) is 0 Å². The van der Waals surface area contributed by atoms with E-state index in [-0.39, 0.29) is 19.3 Å². The summed E-state index contributed by atoms with van der Waals surface area (Å²) in [7, 11) is 0. The van der Waals surface area contributed by atoms with Crippen molar-refractivity contribution in [2.75, 3.05) is 6.29 Å². The molecular weight excluding hydrogens is 385 g/mol. The Morgan fingerprint density at radius 3 is 2.33 bits per heavy atom. The Kier molecular flexibility index (Phi) is 8.62. The number of carbonyl (C=O) groups excluding carboxylic acids is 1. The van der Waals surface area contributed by atoms with Crippen molar-refractivity contribution in [1.29, 1.82) is 0 Å². The second-order valence-corrected chi connectivity index (χ2v) is 10.7. The van der Waals surface area contributed by atoms with Gasteiger partial charge in [0.05, 0.1) is 6.29 Å². The molecule has 0 aliphatic carbocycles. The van der Waals surface area contributed by atoms with Crippen LogP contribution in [-0.4, -0.2) is 44.6 Å². The molecule has 1 aromatic rings. The van der Waals surface area contributed by atoms with Crippen molar-refractivity contribution < 1.29 is 19.4 Å². The van der Waals surface area contributed by atoms with Crippen LogP contribution in [0.3, 0.4) is 0 Å². The van der Waals surface area contributed by atoms with Crippen LogP contribution in [0.4, 0.5) is 4.79 Å². The molecule has 0 saturated heterocycles. The molecule has 0 aliphatic rings. The normalized spacial score (nSPS) is 12.0. The largest absolute Gasteiger partial charge is 0.480 e. The number of carboxylic acid groups (broad SMARTS) is 1. The maximum Gasteiger partial charge on any atom is 0.411 e. The molecular formula is C15H18NO4PS3. The van der Waals surface area contributed by atoms with Gasteiger partial charge in [-0.25, -0.2) is 9.59 Å². The van der Waals surface area contributed by atoms with E-state index in [0.717, 1.165) is 10.5 Å². The Bertz CT molecular complexity index is 641. The highest BCUT2D eigenvalue weighted by Gasteiger charge is 2.32. The molecule has 0 heterocycles. The molecule has 0 saturated carbocycles. The van der Waals surface area contributed by atoms with Gasteiger partial charge in [0.15, 0.2) is 0 Å². The lowest BCUT2D eigenvalue weighted by Crippen LogP contribution is -2.45. The van der Waals surface area contributed by atoms with Crippen molar-refractivity contribution in [3.8, 4) is 0 Å². The number of hydrogen-bond donors (Lipinski definition) is 1. The summed E-state index contributed by atoms with van der Waals surface area (Å²) in [5.74, 6) is -1.12. The highest BCUT2D eigenvalue weighted by molar-refractivity contribution is 8.36. The van der Waals surface area contributed by atoms with E-state index in [1.807, 2.05) is 30.3 Å². The lowest BCUT2D eigenvalue weighted by atomic mass is 10.2. The van der Waals surface area contributed by atoms with Crippen LogP contribution in [0.1, 0.15) is 18.9 Å². The van der Waals surface area contributed by atoms with Gasteiger partial charge in [0.1, 0.15) is 12.6 Å². The number of amides is 1. The van der Waals surface area contributed by atoms with Gasteiger partial charge in [-0.3, -0.25) is 4.90 Å². The summed E-state index contributed by atoms with van der Waals surface area (Å²) in [4.78, 5) is 25.0. The fourth-order valence-corrected chi connectivity index (χ4v) is 4.29. The molecule has 24 heavy (non-hydrogen) atoms. The predicted molar refractivity (Wildman–Crippen MR) is 107 cm³/mol. The van der Waals surface area contributed by atoms with E-state index in [2.05, 4.69) is 0 Å². The summed E-state index contributed by atoms with van der Waals surface area (Å²) in [6, 6.07) is 5.66. The first kappa shape index (κ1) is 20.8. The first-order valence-electron chi connectivity index (χ1n) is 7.08. The third-order valence-electron chi connectivity index (χ3n) is 3.22. The Morgan fingerprint density at radius 2 is 1.88 bits per heavy atom. The summed E-state index contributed by atoms with van der Waals surface area (Å²) in [5.41, 5.74) is 0.804. The molecule has 0 bridgehead atoms. The summed E-state index contributed by atoms with van der Waals surface area (Å²) >= 11 is 15.2. The molecule has 1 unspecified atom stereocenters. The van der Waals surface area contributed by atoms with Crippen molar-refractivity contribution in [1.82, 2.24) is 4.90 Å². The SMILES string of the molecule is CCC(C(=O)O)N(CP(=S)(C=S)C=S)C(=O)OCc1ccccc1. The highest BCUT2D eigenvalue weighted by atomic mass is 32.4. The zero-order chi connectivity index (χ0) is 18.2. The van der Waals surface area contributed by atoms with E-state index in [0.29, 0.717) is 0 Å². The Labute approximate surface area is 157 Å². The highest BCUT2D eigenvalue weighted by Crippen LogP contribution is 2.41. The number of carboxylic acids is 1. The molecule has 1 aromatic carbocycles. The van der Waals surface area contributed by atoms with Gasteiger partial charge in [0, 0.05) is 16.3 Å². The molecule has 0 aromatic heterocycles. The zero-order valence-electron chi connectivity index (χ0n) is 13.0. The molecule has 0 spiro atoms. The number of ether oxygens (including phenoxy) is 1. The van der Waals surface area contributed by atoms with Crippen LogP contribution in [0, 0.1) is 0 Å². The van der Waals surface area contributed by atoms with Crippen LogP contribution in [-0.2, 0) is 27.9 Å². The average Bonchev–Trinajstić information content (AvgIpc) is 2.59. The van der Waals surface area contributed by atoms with E-state index in [1.165, 1.54) is 10.2 Å². The van der Waals surface area contributed by atoms with Gasteiger partial charge in [0.25, 0.3) is 0 Å². The minimum Gasteiger partial charge on any atom is -0.480 e. The number of hydrogen-bond acceptors (Lipinski definition) is 6. The third kappa shape index (κ3) is 6.02. The minimum absolute atomic E-state index is 0.0201. The van der Waals surface area contributed by atoms with Gasteiger partial charge in [-0.15, -0.1) is 0 Å². The van der Waals surface area contributed by atoms with Crippen LogP contribution in [0.2, 0.25) is 0 Å². The average molecular weight is 403 g/mol. The van der Waals surface area contributed by atoms with E-state index >= 15 is 0 Å². The standard InChI is InChI=1S/C15H18NO4PS3/c1-2-13(14(17)18)16(9-21(24,10-22)11-23)15(19)20-8-12-6-4-3-5-7-12/h3-7,10-11,13H,2,8-9H2,1H3,(H,17,18). The molecule has 9 heteroatoms. The molecule has 0 fully saturated rings. The molecule has 1 atom stereocenters. The molecule has 130 valence electrons. The predicted octanol–water partition coefficient (Wildman–Crippen LogP) is 3.84. The number of benzene rings is 1. The van der Waals surface area contributed by atoms with Gasteiger partial charge in [0.2, 0.25) is 0 Å². The van der Waals surface area contributed by atoms with Crippen LogP contribution in [0.25, 0.3) is 0 Å². The number of carbonyl (C=O) groups is 2. The molecule has 1 rings (SSSR count). The van der Waals surface area contributed by atoms with Crippen LogP contribution in [0.15, 0.2) is 30.3 Å². The number of thiocarbonyl (C=S) groups is 2. The van der Waals surface area contributed by atoms with Gasteiger partial charge in [-0.1, -0.05) is 73.5 Å². The van der Waals surface area contributed by atoms with E-state index < -0.39 is 24.1 Å². The van der Waals surface area contributed by atoms with Crippen LogP contribution < -0.4 is 0 Å². The number of aliphatic carboxylic acids is 1. The Balaban J connectivity index is 2.96.